The van der Waals surface area contributed by atoms with Gasteiger partial charge < -0.3 is 10.4 Å². The second kappa shape index (κ2) is 5.53. The minimum atomic E-state index is -1.17. The SMILES string of the molecule is CCC[C@@](C)(NC(=O)C=C(C)C)C(=O)O. The van der Waals surface area contributed by atoms with Crippen LogP contribution in [0.3, 0.4) is 0 Å². The highest BCUT2D eigenvalue weighted by Gasteiger charge is 2.33. The summed E-state index contributed by atoms with van der Waals surface area (Å²) in [4.78, 5) is 22.4. The summed E-state index contributed by atoms with van der Waals surface area (Å²) in [6.45, 7) is 6.98. The maximum Gasteiger partial charge on any atom is 0.329 e. The lowest BCUT2D eigenvalue weighted by Crippen LogP contribution is -2.51. The molecule has 0 aliphatic heterocycles. The molecule has 0 fully saturated rings. The molecular weight excluding hydrogens is 194 g/mol. The minimum Gasteiger partial charge on any atom is -0.480 e. The lowest BCUT2D eigenvalue weighted by molar-refractivity contribution is -0.146. The Morgan fingerprint density at radius 2 is 1.93 bits per heavy atom. The van der Waals surface area contributed by atoms with Gasteiger partial charge in [0.25, 0.3) is 0 Å². The van der Waals surface area contributed by atoms with E-state index in [9.17, 15) is 9.59 Å². The number of aliphatic carboxylic acids is 1. The van der Waals surface area contributed by atoms with Gasteiger partial charge in [-0.05, 0) is 27.2 Å². The Labute approximate surface area is 90.4 Å². The molecule has 4 nitrogen and oxygen atoms in total. The third kappa shape index (κ3) is 4.63. The number of hydrogen-bond donors (Lipinski definition) is 2. The molecule has 0 aromatic heterocycles. The van der Waals surface area contributed by atoms with E-state index in [2.05, 4.69) is 5.32 Å². The first-order chi connectivity index (χ1) is 6.81. The zero-order valence-electron chi connectivity index (χ0n) is 9.76. The molecule has 0 saturated carbocycles. The zero-order valence-corrected chi connectivity index (χ0v) is 9.76. The van der Waals surface area contributed by atoms with Crippen LogP contribution in [0, 0.1) is 0 Å². The van der Waals surface area contributed by atoms with Crippen LogP contribution in [0.1, 0.15) is 40.5 Å². The number of hydrogen-bond acceptors (Lipinski definition) is 2. The summed E-state index contributed by atoms with van der Waals surface area (Å²) in [5.41, 5.74) is -0.325. The van der Waals surface area contributed by atoms with Gasteiger partial charge in [-0.2, -0.15) is 0 Å². The fourth-order valence-corrected chi connectivity index (χ4v) is 1.29. The summed E-state index contributed by atoms with van der Waals surface area (Å²) < 4.78 is 0. The molecular formula is C11H19NO3. The molecule has 0 saturated heterocycles. The van der Waals surface area contributed by atoms with Crippen LogP contribution in [0.25, 0.3) is 0 Å². The van der Waals surface area contributed by atoms with Crippen LogP contribution >= 0.6 is 0 Å². The molecule has 0 aromatic rings. The molecule has 1 atom stereocenters. The molecule has 86 valence electrons. The first-order valence-electron chi connectivity index (χ1n) is 5.02. The number of carbonyl (C=O) groups is 2. The smallest absolute Gasteiger partial charge is 0.329 e. The fourth-order valence-electron chi connectivity index (χ4n) is 1.29. The van der Waals surface area contributed by atoms with E-state index in [4.69, 9.17) is 5.11 Å². The van der Waals surface area contributed by atoms with Crippen molar-refractivity contribution in [2.24, 2.45) is 0 Å². The Hall–Kier alpha value is -1.32. The summed E-state index contributed by atoms with van der Waals surface area (Å²) in [5, 5.41) is 11.5. The Morgan fingerprint density at radius 3 is 2.27 bits per heavy atom. The molecule has 0 aromatic carbocycles. The summed E-state index contributed by atoms with van der Waals surface area (Å²) in [7, 11) is 0. The quantitative estimate of drug-likeness (QED) is 0.683. The van der Waals surface area contributed by atoms with Gasteiger partial charge in [-0.1, -0.05) is 18.9 Å². The molecule has 0 aliphatic carbocycles. The second-order valence-corrected chi connectivity index (χ2v) is 4.10. The number of nitrogens with one attached hydrogen (secondary N) is 1. The first kappa shape index (κ1) is 13.7. The molecule has 0 aliphatic rings. The monoisotopic (exact) mass is 213 g/mol. The van der Waals surface area contributed by atoms with E-state index in [1.807, 2.05) is 6.92 Å². The van der Waals surface area contributed by atoms with E-state index < -0.39 is 11.5 Å². The highest BCUT2D eigenvalue weighted by molar-refractivity contribution is 5.93. The Balaban J connectivity index is 4.63. The van der Waals surface area contributed by atoms with Crippen molar-refractivity contribution in [1.29, 1.82) is 0 Å². The Bertz CT molecular complexity index is 280. The van der Waals surface area contributed by atoms with E-state index in [1.54, 1.807) is 13.8 Å². The molecule has 0 bridgehead atoms. The zero-order chi connectivity index (χ0) is 12.1. The van der Waals surface area contributed by atoms with Crippen molar-refractivity contribution in [2.75, 3.05) is 0 Å². The molecule has 1 amide bonds. The Morgan fingerprint density at radius 1 is 1.40 bits per heavy atom. The van der Waals surface area contributed by atoms with E-state index in [0.29, 0.717) is 12.8 Å². The van der Waals surface area contributed by atoms with Gasteiger partial charge >= 0.3 is 5.97 Å². The normalized spacial score (nSPS) is 13.9. The van der Waals surface area contributed by atoms with Gasteiger partial charge in [0.05, 0.1) is 0 Å². The van der Waals surface area contributed by atoms with Crippen LogP contribution in [-0.4, -0.2) is 22.5 Å². The number of amides is 1. The van der Waals surface area contributed by atoms with E-state index in [1.165, 1.54) is 13.0 Å². The van der Waals surface area contributed by atoms with E-state index in [0.717, 1.165) is 5.57 Å². The molecule has 15 heavy (non-hydrogen) atoms. The average molecular weight is 213 g/mol. The van der Waals surface area contributed by atoms with Crippen molar-refractivity contribution in [1.82, 2.24) is 5.32 Å². The summed E-state index contributed by atoms with van der Waals surface area (Å²) in [5.74, 6) is -1.35. The highest BCUT2D eigenvalue weighted by Crippen LogP contribution is 2.12. The summed E-state index contributed by atoms with van der Waals surface area (Å²) >= 11 is 0. The van der Waals surface area contributed by atoms with Crippen LogP contribution in [0.5, 0.6) is 0 Å². The molecule has 2 N–H and O–H groups in total. The predicted molar refractivity (Wildman–Crippen MR) is 58.5 cm³/mol. The molecule has 0 spiro atoms. The minimum absolute atomic E-state index is 0.353. The molecule has 0 heterocycles. The molecule has 0 unspecified atom stereocenters. The van der Waals surface area contributed by atoms with Crippen LogP contribution in [0.4, 0.5) is 0 Å². The van der Waals surface area contributed by atoms with Gasteiger partial charge in [0.15, 0.2) is 0 Å². The van der Waals surface area contributed by atoms with Crippen molar-refractivity contribution in [3.63, 3.8) is 0 Å². The van der Waals surface area contributed by atoms with Gasteiger partial charge in [-0.15, -0.1) is 0 Å². The van der Waals surface area contributed by atoms with Crippen molar-refractivity contribution in [3.05, 3.63) is 11.6 Å². The maximum absolute atomic E-state index is 11.4. The number of carboxylic acid groups (broad SMARTS) is 1. The lowest BCUT2D eigenvalue weighted by atomic mass is 9.96. The van der Waals surface area contributed by atoms with E-state index >= 15 is 0 Å². The van der Waals surface area contributed by atoms with Crippen LogP contribution in [-0.2, 0) is 9.59 Å². The first-order valence-corrected chi connectivity index (χ1v) is 5.02. The van der Waals surface area contributed by atoms with Crippen LogP contribution in [0.15, 0.2) is 11.6 Å². The lowest BCUT2D eigenvalue weighted by Gasteiger charge is -2.25. The number of carboxylic acids is 1. The van der Waals surface area contributed by atoms with Gasteiger partial charge in [-0.3, -0.25) is 4.79 Å². The number of carbonyl (C=O) groups excluding carboxylic acids is 1. The standard InChI is InChI=1S/C11H19NO3/c1-5-6-11(4,10(14)15)12-9(13)7-8(2)3/h7H,5-6H2,1-4H3,(H,12,13)(H,14,15)/t11-/m1/s1. The highest BCUT2D eigenvalue weighted by atomic mass is 16.4. The van der Waals surface area contributed by atoms with Crippen molar-refractivity contribution >= 4 is 11.9 Å². The van der Waals surface area contributed by atoms with Crippen molar-refractivity contribution < 1.29 is 14.7 Å². The number of rotatable bonds is 5. The summed E-state index contributed by atoms with van der Waals surface area (Å²) in [6.07, 6.45) is 2.53. The van der Waals surface area contributed by atoms with E-state index in [-0.39, 0.29) is 5.91 Å². The third-order valence-corrected chi connectivity index (χ3v) is 2.04. The van der Waals surface area contributed by atoms with Gasteiger partial charge in [0.2, 0.25) is 5.91 Å². The largest absolute Gasteiger partial charge is 0.480 e. The molecule has 4 heteroatoms. The van der Waals surface area contributed by atoms with Crippen molar-refractivity contribution in [2.45, 2.75) is 46.1 Å². The van der Waals surface area contributed by atoms with Gasteiger partial charge in [-0.25, -0.2) is 4.79 Å². The van der Waals surface area contributed by atoms with Gasteiger partial charge in [0, 0.05) is 6.08 Å². The third-order valence-electron chi connectivity index (χ3n) is 2.04. The molecule has 0 radical (unpaired) electrons. The molecule has 0 rings (SSSR count). The van der Waals surface area contributed by atoms with Gasteiger partial charge in [0.1, 0.15) is 5.54 Å². The Kier molecular flexibility index (Phi) is 5.05. The average Bonchev–Trinajstić information content (AvgIpc) is 2.01. The second-order valence-electron chi connectivity index (χ2n) is 4.10. The van der Waals surface area contributed by atoms with Crippen molar-refractivity contribution in [3.8, 4) is 0 Å². The number of allylic oxidation sites excluding steroid dienone is 1. The fraction of sp³-hybridized carbons (Fsp3) is 0.636. The summed E-state index contributed by atoms with van der Waals surface area (Å²) in [6, 6.07) is 0. The topological polar surface area (TPSA) is 66.4 Å². The van der Waals surface area contributed by atoms with Crippen LogP contribution in [0.2, 0.25) is 0 Å². The maximum atomic E-state index is 11.4. The predicted octanol–water partition coefficient (Wildman–Crippen LogP) is 1.71. The van der Waals surface area contributed by atoms with Crippen LogP contribution < -0.4 is 5.32 Å².